The van der Waals surface area contributed by atoms with Gasteiger partial charge < -0.3 is 14.2 Å². The minimum absolute atomic E-state index is 0.0934. The van der Waals surface area contributed by atoms with Crippen LogP contribution in [0.4, 0.5) is 0 Å². The first kappa shape index (κ1) is 78.0. The molecule has 1 atom stereocenters. The molecule has 0 N–H and O–H groups in total. The molecule has 0 aliphatic carbocycles. The third kappa shape index (κ3) is 67.7. The van der Waals surface area contributed by atoms with Gasteiger partial charge in [0.1, 0.15) is 13.2 Å². The summed E-state index contributed by atoms with van der Waals surface area (Å²) < 4.78 is 16.9. The van der Waals surface area contributed by atoms with Crippen LogP contribution in [-0.4, -0.2) is 37.2 Å². The lowest BCUT2D eigenvalue weighted by Gasteiger charge is -2.18. The Kier molecular flexibility index (Phi) is 65.4. The van der Waals surface area contributed by atoms with Gasteiger partial charge in [0.05, 0.1) is 0 Å². The highest BCUT2D eigenvalue weighted by Crippen LogP contribution is 2.15. The summed E-state index contributed by atoms with van der Waals surface area (Å²) in [6.45, 7) is 6.33. The van der Waals surface area contributed by atoms with Gasteiger partial charge in [-0.05, 0) is 141 Å². The van der Waals surface area contributed by atoms with Crippen LogP contribution in [-0.2, 0) is 28.6 Å². The highest BCUT2D eigenvalue weighted by Gasteiger charge is 2.19. The quantitative estimate of drug-likeness (QED) is 0.0261. The van der Waals surface area contributed by atoms with Crippen molar-refractivity contribution in [2.75, 3.05) is 13.2 Å². The van der Waals surface area contributed by atoms with Gasteiger partial charge in [0.25, 0.3) is 0 Å². The van der Waals surface area contributed by atoms with Gasteiger partial charge in [0.2, 0.25) is 0 Å². The van der Waals surface area contributed by atoms with Crippen LogP contribution < -0.4 is 0 Å². The van der Waals surface area contributed by atoms with E-state index in [1.165, 1.54) is 77.0 Å². The van der Waals surface area contributed by atoms with Crippen LogP contribution in [0.25, 0.3) is 0 Å². The summed E-state index contributed by atoms with van der Waals surface area (Å²) in [5.74, 6) is -0.921. The molecule has 1 unspecified atom stereocenters. The SMILES string of the molecule is CC/C=C\C/C=C\C/C=C\C/C=C\C/C=C\C/C=C\C/C=C\C/C=C\CCCCCCCCCCCCC(=O)OCC(COC(=O)CCCCCCC/C=C\C/C=C\CCC)OC(=O)CCCCCCCCC/C=C\C/C=C\C/C=C\CC. The van der Waals surface area contributed by atoms with E-state index >= 15 is 0 Å². The third-order valence-electron chi connectivity index (χ3n) is 14.0. The summed E-state index contributed by atoms with van der Waals surface area (Å²) >= 11 is 0. The van der Waals surface area contributed by atoms with Crippen LogP contribution in [0.2, 0.25) is 0 Å². The van der Waals surface area contributed by atoms with Crippen molar-refractivity contribution in [2.45, 2.75) is 297 Å². The predicted octanol–water partition coefficient (Wildman–Crippen LogP) is 23.7. The van der Waals surface area contributed by atoms with E-state index < -0.39 is 6.10 Å². The molecule has 0 radical (unpaired) electrons. The molecule has 0 rings (SSSR count). The predicted molar refractivity (Wildman–Crippen MR) is 362 cm³/mol. The lowest BCUT2D eigenvalue weighted by Crippen LogP contribution is -2.30. The summed E-state index contributed by atoms with van der Waals surface area (Å²) in [6, 6.07) is 0. The zero-order valence-corrected chi connectivity index (χ0v) is 53.7. The van der Waals surface area contributed by atoms with Crippen molar-refractivity contribution >= 4 is 17.9 Å². The van der Waals surface area contributed by atoms with Crippen LogP contribution >= 0.6 is 0 Å². The van der Waals surface area contributed by atoms with Crippen molar-refractivity contribution in [3.05, 3.63) is 158 Å². The molecule has 468 valence electrons. The van der Waals surface area contributed by atoms with Crippen LogP contribution in [0.5, 0.6) is 0 Å². The number of esters is 3. The van der Waals surface area contributed by atoms with Crippen LogP contribution in [0, 0.1) is 0 Å². The molecule has 0 bridgehead atoms. The van der Waals surface area contributed by atoms with Gasteiger partial charge in [-0.2, -0.15) is 0 Å². The Bertz CT molecular complexity index is 1840. The maximum Gasteiger partial charge on any atom is 0.306 e. The van der Waals surface area contributed by atoms with Gasteiger partial charge >= 0.3 is 17.9 Å². The summed E-state index contributed by atoms with van der Waals surface area (Å²) in [7, 11) is 0. The summed E-state index contributed by atoms with van der Waals surface area (Å²) in [6.07, 6.45) is 101. The molecule has 0 saturated heterocycles. The molecular formula is C77H124O6. The topological polar surface area (TPSA) is 78.9 Å². The molecule has 6 heteroatoms. The minimum Gasteiger partial charge on any atom is -0.462 e. The molecule has 0 aromatic rings. The van der Waals surface area contributed by atoms with E-state index in [2.05, 4.69) is 179 Å². The van der Waals surface area contributed by atoms with Crippen LogP contribution in [0.1, 0.15) is 290 Å². The van der Waals surface area contributed by atoms with Crippen LogP contribution in [0.3, 0.4) is 0 Å². The maximum atomic E-state index is 12.9. The molecular weight excluding hydrogens is 1020 g/mol. The first-order chi connectivity index (χ1) is 41.0. The second-order valence-electron chi connectivity index (χ2n) is 22.0. The van der Waals surface area contributed by atoms with E-state index in [1.54, 1.807) is 0 Å². The zero-order valence-electron chi connectivity index (χ0n) is 53.7. The van der Waals surface area contributed by atoms with Crippen molar-refractivity contribution in [1.29, 1.82) is 0 Å². The smallest absolute Gasteiger partial charge is 0.306 e. The lowest BCUT2D eigenvalue weighted by molar-refractivity contribution is -0.167. The van der Waals surface area contributed by atoms with E-state index in [0.29, 0.717) is 19.3 Å². The molecule has 0 saturated carbocycles. The van der Waals surface area contributed by atoms with Gasteiger partial charge in [0, 0.05) is 19.3 Å². The lowest BCUT2D eigenvalue weighted by atomic mass is 10.1. The second kappa shape index (κ2) is 69.5. The number of ether oxygens (including phenoxy) is 3. The largest absolute Gasteiger partial charge is 0.462 e. The van der Waals surface area contributed by atoms with Crippen molar-refractivity contribution in [3.63, 3.8) is 0 Å². The number of hydrogen-bond donors (Lipinski definition) is 0. The van der Waals surface area contributed by atoms with Crippen molar-refractivity contribution in [3.8, 4) is 0 Å². The molecule has 0 aliphatic rings. The minimum atomic E-state index is -0.798. The fraction of sp³-hybridized carbons (Fsp3) is 0.623. The number of carbonyl (C=O) groups excluding carboxylic acids is 3. The third-order valence-corrected chi connectivity index (χ3v) is 14.0. The first-order valence-electron chi connectivity index (χ1n) is 34.0. The number of carbonyl (C=O) groups is 3. The molecule has 0 aliphatic heterocycles. The van der Waals surface area contributed by atoms with E-state index in [0.717, 1.165) is 173 Å². The second-order valence-corrected chi connectivity index (χ2v) is 22.0. The number of hydrogen-bond acceptors (Lipinski definition) is 6. The fourth-order valence-electron chi connectivity index (χ4n) is 8.98. The van der Waals surface area contributed by atoms with Gasteiger partial charge in [-0.15, -0.1) is 0 Å². The molecule has 0 amide bonds. The van der Waals surface area contributed by atoms with E-state index in [-0.39, 0.29) is 31.1 Å². The van der Waals surface area contributed by atoms with Gasteiger partial charge in [-0.1, -0.05) is 288 Å². The van der Waals surface area contributed by atoms with Crippen molar-refractivity contribution in [2.24, 2.45) is 0 Å². The van der Waals surface area contributed by atoms with E-state index in [1.807, 2.05) is 0 Å². The molecule has 6 nitrogen and oxygen atoms in total. The summed E-state index contributed by atoms with van der Waals surface area (Å²) in [4.78, 5) is 38.3. The highest BCUT2D eigenvalue weighted by atomic mass is 16.6. The zero-order chi connectivity index (χ0) is 59.9. The molecule has 0 heterocycles. The number of allylic oxidation sites excluding steroid dienone is 26. The Balaban J connectivity index is 4.26. The fourth-order valence-corrected chi connectivity index (χ4v) is 8.98. The number of rotatable bonds is 60. The Morgan fingerprint density at radius 2 is 0.470 bits per heavy atom. The molecule has 0 spiro atoms. The Morgan fingerprint density at radius 1 is 0.253 bits per heavy atom. The first-order valence-corrected chi connectivity index (χ1v) is 34.0. The Morgan fingerprint density at radius 3 is 0.735 bits per heavy atom. The number of unbranched alkanes of at least 4 members (excludes halogenated alkanes) is 23. The van der Waals surface area contributed by atoms with Gasteiger partial charge in [-0.25, -0.2) is 0 Å². The Hall–Kier alpha value is -4.97. The maximum absolute atomic E-state index is 12.9. The average molecular weight is 1150 g/mol. The standard InChI is InChI=1S/C77H124O6/c1-4-7-10-13-16-19-22-25-27-29-30-31-32-33-34-35-36-37-38-39-40-41-42-43-44-45-46-48-49-52-55-58-61-64-67-70-76(79)82-73-74(72-81-75(78)69-66-63-60-57-54-51-24-21-18-15-12-9-6-3)83-77(80)71-68-65-62-59-56-53-50-47-28-26-23-20-17-14-11-8-5-2/h7-8,10-12,15-17,19-21,24-28,30-31,33-34,36-37,39-40,42-43,74H,4-6,9,13-14,18,22-23,29,32,35,38,41,44-73H2,1-3H3/b10-7-,11-8-,15-12-,19-16-,20-17-,24-21-,27-25-,28-26-,31-30-,34-33-,37-36-,40-39-,43-42-. The average Bonchev–Trinajstić information content (AvgIpc) is 3.49. The van der Waals surface area contributed by atoms with Gasteiger partial charge in [0.15, 0.2) is 6.10 Å². The highest BCUT2D eigenvalue weighted by molar-refractivity contribution is 5.71. The van der Waals surface area contributed by atoms with Gasteiger partial charge in [-0.3, -0.25) is 14.4 Å². The molecule has 0 aromatic carbocycles. The van der Waals surface area contributed by atoms with E-state index in [9.17, 15) is 14.4 Å². The monoisotopic (exact) mass is 1140 g/mol. The summed E-state index contributed by atoms with van der Waals surface area (Å²) in [5, 5.41) is 0. The van der Waals surface area contributed by atoms with E-state index in [4.69, 9.17) is 14.2 Å². The molecule has 83 heavy (non-hydrogen) atoms. The Labute approximate surface area is 511 Å². The molecule has 0 aromatic heterocycles. The molecule has 0 fully saturated rings. The summed E-state index contributed by atoms with van der Waals surface area (Å²) in [5.41, 5.74) is 0. The van der Waals surface area contributed by atoms with Crippen molar-refractivity contribution in [1.82, 2.24) is 0 Å². The van der Waals surface area contributed by atoms with Crippen LogP contribution in [0.15, 0.2) is 158 Å². The van der Waals surface area contributed by atoms with Crippen molar-refractivity contribution < 1.29 is 28.6 Å². The normalized spacial score (nSPS) is 13.1.